The summed E-state index contributed by atoms with van der Waals surface area (Å²) < 4.78 is 21.3. The summed E-state index contributed by atoms with van der Waals surface area (Å²) in [7, 11) is 0. The Balaban J connectivity index is 1.29. The Kier molecular flexibility index (Phi) is 19.3. The molecule has 0 aliphatic carbocycles. The third kappa shape index (κ3) is 14.4. The van der Waals surface area contributed by atoms with Crippen LogP contribution in [0.3, 0.4) is 0 Å². The number of Topliss-reactive ketones (excluding diaryl/α,β-unsaturated/α-hetero) is 2. The summed E-state index contributed by atoms with van der Waals surface area (Å²) in [5.74, 6) is -1.71. The van der Waals surface area contributed by atoms with Gasteiger partial charge < -0.3 is 61.2 Å². The molecular weight excluding hydrogens is 957 g/mol. The zero-order valence-corrected chi connectivity index (χ0v) is 39.9. The Morgan fingerprint density at radius 3 is 1.22 bits per heavy atom. The summed E-state index contributed by atoms with van der Waals surface area (Å²) in [5, 5.41) is 1.93. The molecule has 2 heterocycles. The van der Waals surface area contributed by atoms with E-state index in [-0.39, 0.29) is 50.3 Å². The van der Waals surface area contributed by atoms with E-state index in [1.807, 2.05) is 0 Å². The Labute approximate surface area is 411 Å². The van der Waals surface area contributed by atoms with Crippen LogP contribution in [0.5, 0.6) is 11.5 Å². The van der Waals surface area contributed by atoms with Gasteiger partial charge in [-0.2, -0.15) is 11.8 Å². The van der Waals surface area contributed by atoms with E-state index in [2.05, 4.69) is 9.68 Å². The first-order valence-electron chi connectivity index (χ1n) is 22.2. The zero-order valence-electron chi connectivity index (χ0n) is 39.9. The highest BCUT2D eigenvalue weighted by Crippen LogP contribution is 2.28. The first kappa shape index (κ1) is 57.7. The van der Waals surface area contributed by atoms with Gasteiger partial charge in [-0.25, -0.2) is 38.4 Å². The second-order valence-electron chi connectivity index (χ2n) is 17.7. The summed E-state index contributed by atoms with van der Waals surface area (Å²) in [6.07, 6.45) is -0.816. The average molecular weight is 1020 g/mol. The summed E-state index contributed by atoms with van der Waals surface area (Å²) in [6.45, 7) is 3.71. The molecule has 28 heteroatoms. The molecular formula is C44H60N10O18. The molecule has 2 aromatic carbocycles. The predicted octanol–water partition coefficient (Wildman–Crippen LogP) is -3.59. The van der Waals surface area contributed by atoms with E-state index in [1.54, 1.807) is 36.4 Å². The summed E-state index contributed by atoms with van der Waals surface area (Å²) in [6, 6.07) is 7.70. The van der Waals surface area contributed by atoms with Gasteiger partial charge in [0.15, 0.2) is 22.6 Å². The van der Waals surface area contributed by atoms with E-state index in [4.69, 9.17) is 74.8 Å². The van der Waals surface area contributed by atoms with Crippen LogP contribution in [0.4, 0.5) is 0 Å². The molecule has 0 amide bonds. The first-order valence-corrected chi connectivity index (χ1v) is 22.2. The maximum absolute atomic E-state index is 13.3. The molecule has 72 heavy (non-hydrogen) atoms. The molecule has 2 unspecified atom stereocenters. The van der Waals surface area contributed by atoms with Crippen LogP contribution in [0.1, 0.15) is 77.3 Å². The van der Waals surface area contributed by atoms with Crippen molar-refractivity contribution in [1.82, 2.24) is 10.1 Å². The van der Waals surface area contributed by atoms with Crippen molar-refractivity contribution in [2.75, 3.05) is 13.1 Å². The average Bonchev–Trinajstić information content (AvgIpc) is 4.00. The number of hydrogen-bond acceptors (Lipinski definition) is 28. The van der Waals surface area contributed by atoms with Gasteiger partial charge in [0.05, 0.1) is 0 Å². The van der Waals surface area contributed by atoms with Crippen LogP contribution >= 0.6 is 0 Å². The van der Waals surface area contributed by atoms with Gasteiger partial charge in [0.2, 0.25) is 0 Å². The Hall–Kier alpha value is -6.86. The number of nitrogens with two attached hydrogens (primary N) is 8. The van der Waals surface area contributed by atoms with Crippen LogP contribution in [0.15, 0.2) is 48.5 Å². The highest BCUT2D eigenvalue weighted by molar-refractivity contribution is 6.12. The number of carbonyl (C=O) groups excluding carboxylic acids is 10. The number of para-hydroxylation sites is 2. The largest absolute Gasteiger partial charge is 0.431 e. The van der Waals surface area contributed by atoms with Crippen molar-refractivity contribution in [2.24, 2.45) is 46.2 Å². The van der Waals surface area contributed by atoms with Crippen LogP contribution in [0.25, 0.3) is 0 Å². The second-order valence-corrected chi connectivity index (χ2v) is 17.7. The molecule has 2 aliphatic heterocycles. The van der Waals surface area contributed by atoms with Gasteiger partial charge in [0.25, 0.3) is 11.4 Å². The van der Waals surface area contributed by atoms with E-state index < -0.39 is 119 Å². The standard InChI is InChI=1S/C44H60N10O18/c1-41(47,37(61)67-43(3,49)39(63)71-53-19-9-13-27(53)35(59)65-29-15-7-5-11-23(29)21-25(45)33(57)69-51)31(55)17-18-32(56)42(2,48)38(62)68-44(4,50)40(64)72-54-20-10-14-28(54)36(60)66-30-16-8-6-12-24(30)22-26(46)34(58)70-52/h5-8,11-12,15-16,25-28H,9-10,13-14,17-22,45-52H2,1-4H3/t25?,26?,27-,28-,41+,42+,43-,44-/m0/s1. The monoisotopic (exact) mass is 1020 g/mol. The third-order valence-electron chi connectivity index (χ3n) is 11.4. The summed E-state index contributed by atoms with van der Waals surface area (Å²) in [4.78, 5) is 148. The maximum Gasteiger partial charge on any atom is 0.384 e. The number of hydroxylamine groups is 4. The fourth-order valence-electron chi connectivity index (χ4n) is 6.93. The minimum Gasteiger partial charge on any atom is -0.431 e. The molecule has 2 aliphatic rings. The fraction of sp³-hybridized carbons (Fsp3) is 0.500. The molecule has 2 fully saturated rings. The van der Waals surface area contributed by atoms with Crippen LogP contribution < -0.4 is 55.7 Å². The molecule has 0 aromatic heterocycles. The highest BCUT2D eigenvalue weighted by Gasteiger charge is 2.49. The van der Waals surface area contributed by atoms with Crippen molar-refractivity contribution in [1.29, 1.82) is 0 Å². The Bertz CT molecular complexity index is 2250. The number of hydrogen-bond donors (Lipinski definition) is 8. The number of esters is 4. The smallest absolute Gasteiger partial charge is 0.384 e. The molecule has 2 saturated heterocycles. The normalized spacial score (nSPS) is 20.1. The summed E-state index contributed by atoms with van der Waals surface area (Å²) in [5.41, 5.74) is 26.0. The minimum absolute atomic E-state index is 0.0266. The minimum atomic E-state index is -2.61. The first-order chi connectivity index (χ1) is 33.6. The van der Waals surface area contributed by atoms with E-state index in [1.165, 1.54) is 12.1 Å². The van der Waals surface area contributed by atoms with Crippen LogP contribution in [0, 0.1) is 0 Å². The number of rotatable bonds is 23. The second kappa shape index (κ2) is 24.0. The van der Waals surface area contributed by atoms with Crippen LogP contribution in [0.2, 0.25) is 0 Å². The van der Waals surface area contributed by atoms with Gasteiger partial charge in [0, 0.05) is 52.6 Å². The lowest BCUT2D eigenvalue weighted by molar-refractivity contribution is -0.221. The topological polar surface area (TPSA) is 459 Å². The van der Waals surface area contributed by atoms with Crippen molar-refractivity contribution < 1.29 is 86.2 Å². The van der Waals surface area contributed by atoms with Gasteiger partial charge in [-0.3, -0.25) is 21.1 Å². The third-order valence-corrected chi connectivity index (χ3v) is 11.4. The molecule has 2 aromatic rings. The van der Waals surface area contributed by atoms with Crippen molar-refractivity contribution in [3.8, 4) is 11.5 Å². The van der Waals surface area contributed by atoms with Gasteiger partial charge in [0.1, 0.15) is 35.7 Å². The lowest BCUT2D eigenvalue weighted by Gasteiger charge is -2.31. The van der Waals surface area contributed by atoms with Gasteiger partial charge >= 0.3 is 47.8 Å². The van der Waals surface area contributed by atoms with Gasteiger partial charge in [-0.1, -0.05) is 36.4 Å². The van der Waals surface area contributed by atoms with E-state index >= 15 is 0 Å². The van der Waals surface area contributed by atoms with Gasteiger partial charge in [-0.05, 0) is 62.8 Å². The Morgan fingerprint density at radius 2 is 0.889 bits per heavy atom. The predicted molar refractivity (Wildman–Crippen MR) is 242 cm³/mol. The van der Waals surface area contributed by atoms with Crippen molar-refractivity contribution in [3.05, 3.63) is 59.7 Å². The van der Waals surface area contributed by atoms with E-state index in [0.29, 0.717) is 24.0 Å². The Morgan fingerprint density at radius 1 is 0.556 bits per heavy atom. The molecule has 0 spiro atoms. The van der Waals surface area contributed by atoms with Crippen LogP contribution in [-0.4, -0.2) is 129 Å². The number of ketones is 2. The van der Waals surface area contributed by atoms with E-state index in [0.717, 1.165) is 37.8 Å². The molecule has 8 atom stereocenters. The quantitative estimate of drug-likeness (QED) is 0.0175. The fourth-order valence-corrected chi connectivity index (χ4v) is 6.93. The molecule has 0 bridgehead atoms. The lowest BCUT2D eigenvalue weighted by atomic mass is 9.89. The van der Waals surface area contributed by atoms with Crippen molar-refractivity contribution in [2.45, 2.75) is 126 Å². The zero-order chi connectivity index (χ0) is 53.9. The van der Waals surface area contributed by atoms with Gasteiger partial charge in [-0.15, -0.1) is 10.1 Å². The highest BCUT2D eigenvalue weighted by atomic mass is 16.7. The number of benzene rings is 2. The SMILES string of the molecule is C[C@@](N)(C(=O)CCC(=O)[C@@](C)(N)C(=O)O[C@](C)(N)C(=O)ON1CCC[C@H]1C(=O)Oc1ccccc1CC(N)C(=O)ON)C(=O)O[C@](C)(N)C(=O)ON1CCC[C@H]1C(=O)Oc1ccccc1CC(N)C(=O)ON. The molecule has 4 rings (SSSR count). The van der Waals surface area contributed by atoms with Crippen molar-refractivity contribution >= 4 is 59.3 Å². The van der Waals surface area contributed by atoms with Crippen LogP contribution in [-0.2, 0) is 89.6 Å². The molecule has 28 nitrogen and oxygen atoms in total. The lowest BCUT2D eigenvalue weighted by Crippen LogP contribution is -2.61. The molecule has 0 saturated carbocycles. The number of ether oxygens (including phenoxy) is 4. The van der Waals surface area contributed by atoms with Crippen molar-refractivity contribution in [3.63, 3.8) is 0 Å². The van der Waals surface area contributed by atoms with E-state index in [9.17, 15) is 47.9 Å². The summed E-state index contributed by atoms with van der Waals surface area (Å²) >= 11 is 0. The number of nitrogens with zero attached hydrogens (tertiary/aromatic N) is 2. The number of carbonyl (C=O) groups is 10. The maximum atomic E-state index is 13.3. The molecule has 16 N–H and O–H groups in total. The molecule has 394 valence electrons. The molecule has 0 radical (unpaired) electrons.